The molecule has 2 amide bonds. The van der Waals surface area contributed by atoms with Crippen molar-refractivity contribution in [2.75, 3.05) is 45.9 Å². The second-order valence-corrected chi connectivity index (χ2v) is 4.67. The summed E-state index contributed by atoms with van der Waals surface area (Å²) in [5.41, 5.74) is 0. The van der Waals surface area contributed by atoms with Crippen molar-refractivity contribution in [2.45, 2.75) is 26.2 Å². The maximum Gasteiger partial charge on any atom is 0.309 e. The molecule has 0 spiro atoms. The number of nitrogens with one attached hydrogen (secondary N) is 2. The molecule has 0 aromatic rings. The summed E-state index contributed by atoms with van der Waals surface area (Å²) in [6.45, 7) is 7.54. The van der Waals surface area contributed by atoms with Gasteiger partial charge in [-0.25, -0.2) is 0 Å². The Balaban J connectivity index is 2.01. The highest BCUT2D eigenvalue weighted by atomic mass is 16.5. The van der Waals surface area contributed by atoms with Gasteiger partial charge in [0.1, 0.15) is 0 Å². The van der Waals surface area contributed by atoms with Crippen LogP contribution in [-0.2, 0) is 14.3 Å². The molecule has 0 aliphatic carbocycles. The van der Waals surface area contributed by atoms with Crippen LogP contribution in [0.2, 0.25) is 0 Å². The zero-order chi connectivity index (χ0) is 13.9. The molecule has 0 radical (unpaired) electrons. The summed E-state index contributed by atoms with van der Waals surface area (Å²) in [6.07, 6.45) is 2.76. The first-order valence-electron chi connectivity index (χ1n) is 7.10. The smallest absolute Gasteiger partial charge is 0.309 e. The van der Waals surface area contributed by atoms with Crippen molar-refractivity contribution >= 4 is 11.8 Å². The molecular formula is C13H25N3O3. The van der Waals surface area contributed by atoms with E-state index < -0.39 is 11.8 Å². The molecule has 6 heteroatoms. The SMILES string of the molecule is CCCCNC(=O)C(=O)NCCCN1CCOCC1. The number of ether oxygens (including phenoxy) is 1. The van der Waals surface area contributed by atoms with Gasteiger partial charge in [-0.1, -0.05) is 13.3 Å². The maximum atomic E-state index is 11.4. The summed E-state index contributed by atoms with van der Waals surface area (Å²) in [5, 5.41) is 5.24. The number of hydrogen-bond donors (Lipinski definition) is 2. The number of carbonyl (C=O) groups is 2. The molecular weight excluding hydrogens is 246 g/mol. The highest BCUT2D eigenvalue weighted by Gasteiger charge is 2.12. The van der Waals surface area contributed by atoms with Crippen LogP contribution >= 0.6 is 0 Å². The normalized spacial score (nSPS) is 16.1. The lowest BCUT2D eigenvalue weighted by Gasteiger charge is -2.26. The first-order valence-corrected chi connectivity index (χ1v) is 7.10. The Hall–Kier alpha value is -1.14. The molecule has 2 N–H and O–H groups in total. The van der Waals surface area contributed by atoms with E-state index in [1.54, 1.807) is 0 Å². The number of hydrogen-bond acceptors (Lipinski definition) is 4. The Morgan fingerprint density at radius 3 is 2.21 bits per heavy atom. The van der Waals surface area contributed by atoms with E-state index in [0.717, 1.165) is 52.1 Å². The number of nitrogens with zero attached hydrogens (tertiary/aromatic N) is 1. The van der Waals surface area contributed by atoms with Crippen LogP contribution in [0.4, 0.5) is 0 Å². The summed E-state index contributed by atoms with van der Waals surface area (Å²) in [5.74, 6) is -1.06. The van der Waals surface area contributed by atoms with Gasteiger partial charge in [0.05, 0.1) is 13.2 Å². The minimum absolute atomic E-state index is 0.528. The molecule has 0 unspecified atom stereocenters. The molecule has 1 aliphatic rings. The lowest BCUT2D eigenvalue weighted by molar-refractivity contribution is -0.139. The van der Waals surface area contributed by atoms with Crippen LogP contribution in [0.25, 0.3) is 0 Å². The highest BCUT2D eigenvalue weighted by molar-refractivity contribution is 6.35. The average molecular weight is 271 g/mol. The minimum atomic E-state index is -0.530. The maximum absolute atomic E-state index is 11.4. The summed E-state index contributed by atoms with van der Waals surface area (Å²) in [7, 11) is 0. The molecule has 1 rings (SSSR count). The summed E-state index contributed by atoms with van der Waals surface area (Å²) in [4.78, 5) is 25.1. The van der Waals surface area contributed by atoms with Crippen LogP contribution in [0.1, 0.15) is 26.2 Å². The van der Waals surface area contributed by atoms with E-state index in [0.29, 0.717) is 13.1 Å². The fraction of sp³-hybridized carbons (Fsp3) is 0.846. The number of amides is 2. The first-order chi connectivity index (χ1) is 9.24. The van der Waals surface area contributed by atoms with Crippen LogP contribution in [0, 0.1) is 0 Å². The zero-order valence-corrected chi connectivity index (χ0v) is 11.7. The summed E-state index contributed by atoms with van der Waals surface area (Å²) >= 11 is 0. The number of unbranched alkanes of at least 4 members (excludes halogenated alkanes) is 1. The second-order valence-electron chi connectivity index (χ2n) is 4.67. The van der Waals surface area contributed by atoms with E-state index >= 15 is 0 Å². The summed E-state index contributed by atoms with van der Waals surface area (Å²) in [6, 6.07) is 0. The molecule has 110 valence electrons. The zero-order valence-electron chi connectivity index (χ0n) is 11.7. The first kappa shape index (κ1) is 15.9. The molecule has 1 aliphatic heterocycles. The second kappa shape index (κ2) is 9.75. The van der Waals surface area contributed by atoms with E-state index in [1.807, 2.05) is 6.92 Å². The predicted molar refractivity (Wildman–Crippen MR) is 72.8 cm³/mol. The monoisotopic (exact) mass is 271 g/mol. The number of morpholine rings is 1. The molecule has 1 heterocycles. The van der Waals surface area contributed by atoms with Crippen molar-refractivity contribution in [3.8, 4) is 0 Å². The molecule has 1 fully saturated rings. The van der Waals surface area contributed by atoms with Gasteiger partial charge >= 0.3 is 11.8 Å². The molecule has 19 heavy (non-hydrogen) atoms. The van der Waals surface area contributed by atoms with Crippen molar-refractivity contribution in [2.24, 2.45) is 0 Å². The van der Waals surface area contributed by atoms with Crippen LogP contribution in [0.15, 0.2) is 0 Å². The van der Waals surface area contributed by atoms with Gasteiger partial charge in [0.2, 0.25) is 0 Å². The van der Waals surface area contributed by atoms with E-state index in [2.05, 4.69) is 15.5 Å². The Labute approximate surface area is 114 Å². The minimum Gasteiger partial charge on any atom is -0.379 e. The number of carbonyl (C=O) groups excluding carboxylic acids is 2. The third-order valence-corrected chi connectivity index (χ3v) is 3.06. The predicted octanol–water partition coefficient (Wildman–Crippen LogP) is -0.259. The molecule has 0 saturated carbocycles. The highest BCUT2D eigenvalue weighted by Crippen LogP contribution is 1.97. The number of rotatable bonds is 7. The largest absolute Gasteiger partial charge is 0.379 e. The summed E-state index contributed by atoms with van der Waals surface area (Å²) < 4.78 is 5.26. The van der Waals surface area contributed by atoms with Gasteiger partial charge in [0, 0.05) is 26.2 Å². The van der Waals surface area contributed by atoms with E-state index in [9.17, 15) is 9.59 Å². The van der Waals surface area contributed by atoms with E-state index in [1.165, 1.54) is 0 Å². The van der Waals surface area contributed by atoms with Crippen molar-refractivity contribution in [3.63, 3.8) is 0 Å². The van der Waals surface area contributed by atoms with Crippen LogP contribution < -0.4 is 10.6 Å². The van der Waals surface area contributed by atoms with Crippen molar-refractivity contribution in [1.82, 2.24) is 15.5 Å². The van der Waals surface area contributed by atoms with Gasteiger partial charge in [-0.15, -0.1) is 0 Å². The average Bonchev–Trinajstić information content (AvgIpc) is 2.44. The Morgan fingerprint density at radius 1 is 1.05 bits per heavy atom. The molecule has 6 nitrogen and oxygen atoms in total. The van der Waals surface area contributed by atoms with Crippen LogP contribution in [0.5, 0.6) is 0 Å². The van der Waals surface area contributed by atoms with Gasteiger partial charge in [0.15, 0.2) is 0 Å². The quantitative estimate of drug-likeness (QED) is 0.494. The molecule has 0 bridgehead atoms. The van der Waals surface area contributed by atoms with E-state index in [-0.39, 0.29) is 0 Å². The standard InChI is InChI=1S/C13H25N3O3/c1-2-3-5-14-12(17)13(18)15-6-4-7-16-8-10-19-11-9-16/h2-11H2,1H3,(H,14,17)(H,15,18). The third kappa shape index (κ3) is 7.12. The fourth-order valence-corrected chi connectivity index (χ4v) is 1.87. The van der Waals surface area contributed by atoms with Gasteiger partial charge in [-0.3, -0.25) is 14.5 Å². The van der Waals surface area contributed by atoms with Gasteiger partial charge < -0.3 is 15.4 Å². The lowest BCUT2D eigenvalue weighted by atomic mass is 10.3. The molecule has 0 atom stereocenters. The lowest BCUT2D eigenvalue weighted by Crippen LogP contribution is -2.42. The van der Waals surface area contributed by atoms with Crippen LogP contribution in [-0.4, -0.2) is 62.7 Å². The van der Waals surface area contributed by atoms with E-state index in [4.69, 9.17) is 4.74 Å². The Bertz CT molecular complexity index is 278. The van der Waals surface area contributed by atoms with Crippen molar-refractivity contribution < 1.29 is 14.3 Å². The van der Waals surface area contributed by atoms with Crippen molar-refractivity contribution in [1.29, 1.82) is 0 Å². The van der Waals surface area contributed by atoms with Gasteiger partial charge in [0.25, 0.3) is 0 Å². The topological polar surface area (TPSA) is 70.7 Å². The van der Waals surface area contributed by atoms with Crippen molar-refractivity contribution in [3.05, 3.63) is 0 Å². The van der Waals surface area contributed by atoms with Gasteiger partial charge in [-0.05, 0) is 19.4 Å². The Morgan fingerprint density at radius 2 is 1.63 bits per heavy atom. The Kier molecular flexibility index (Phi) is 8.16. The molecule has 0 aromatic heterocycles. The third-order valence-electron chi connectivity index (χ3n) is 3.06. The molecule has 0 aromatic carbocycles. The fourth-order valence-electron chi connectivity index (χ4n) is 1.87. The molecule has 1 saturated heterocycles. The van der Waals surface area contributed by atoms with Gasteiger partial charge in [-0.2, -0.15) is 0 Å². The van der Waals surface area contributed by atoms with Crippen LogP contribution in [0.3, 0.4) is 0 Å².